The smallest absolute Gasteiger partial charge is 0.246 e. The van der Waals surface area contributed by atoms with Gasteiger partial charge in [-0.1, -0.05) is 5.16 Å². The molecule has 2 aromatic rings. The Morgan fingerprint density at radius 2 is 1.79 bits per heavy atom. The van der Waals surface area contributed by atoms with Gasteiger partial charge in [-0.2, -0.15) is 4.98 Å². The zero-order valence-electron chi connectivity index (χ0n) is 14.5. The van der Waals surface area contributed by atoms with Gasteiger partial charge in [0, 0.05) is 5.56 Å². The van der Waals surface area contributed by atoms with Crippen molar-refractivity contribution in [3.05, 3.63) is 18.0 Å². The van der Waals surface area contributed by atoms with Crippen LogP contribution in [0.1, 0.15) is 32.1 Å². The molecule has 1 aromatic carbocycles. The second-order valence-corrected chi connectivity index (χ2v) is 6.05. The molecule has 3 rings (SSSR count). The summed E-state index contributed by atoms with van der Waals surface area (Å²) in [5, 5.41) is 7.61. The largest absolute Gasteiger partial charge is 0.493 e. The van der Waals surface area contributed by atoms with Crippen molar-refractivity contribution in [3.8, 4) is 28.6 Å². The van der Waals surface area contributed by atoms with Crippen LogP contribution in [0.5, 0.6) is 17.2 Å². The molecule has 24 heavy (non-hydrogen) atoms. The molecule has 7 nitrogen and oxygen atoms in total. The summed E-state index contributed by atoms with van der Waals surface area (Å²) in [4.78, 5) is 4.59. The average Bonchev–Trinajstić information content (AvgIpc) is 3.12. The number of nitrogens with one attached hydrogen (secondary N) is 1. The van der Waals surface area contributed by atoms with Gasteiger partial charge in [-0.3, -0.25) is 0 Å². The minimum Gasteiger partial charge on any atom is -0.493 e. The highest BCUT2D eigenvalue weighted by Crippen LogP contribution is 2.41. The molecule has 0 bridgehead atoms. The molecule has 1 unspecified atom stereocenters. The van der Waals surface area contributed by atoms with Crippen LogP contribution < -0.4 is 19.5 Å². The third kappa shape index (κ3) is 2.91. The molecule has 0 radical (unpaired) electrons. The number of hydrogen-bond donors (Lipinski definition) is 1. The minimum absolute atomic E-state index is 0.274. The van der Waals surface area contributed by atoms with Gasteiger partial charge in [0.1, 0.15) is 0 Å². The molecule has 1 fully saturated rings. The van der Waals surface area contributed by atoms with Crippen LogP contribution >= 0.6 is 0 Å². The Kier molecular flexibility index (Phi) is 4.62. The van der Waals surface area contributed by atoms with Gasteiger partial charge in [-0.25, -0.2) is 0 Å². The summed E-state index contributed by atoms with van der Waals surface area (Å²) in [6.07, 6.45) is 3.29. The van der Waals surface area contributed by atoms with Gasteiger partial charge in [0.05, 0.1) is 26.9 Å². The van der Waals surface area contributed by atoms with Crippen molar-refractivity contribution >= 4 is 0 Å². The molecule has 1 aliphatic heterocycles. The number of nitrogens with zero attached hydrogens (tertiary/aromatic N) is 2. The van der Waals surface area contributed by atoms with Crippen LogP contribution in [0.2, 0.25) is 0 Å². The number of rotatable bonds is 5. The summed E-state index contributed by atoms with van der Waals surface area (Å²) in [5.74, 6) is 2.75. The molecule has 1 N–H and O–H groups in total. The molecule has 2 heterocycles. The molecular weight excluding hydrogens is 310 g/mol. The van der Waals surface area contributed by atoms with Crippen LogP contribution in [0, 0.1) is 0 Å². The van der Waals surface area contributed by atoms with Gasteiger partial charge in [-0.15, -0.1) is 0 Å². The molecule has 1 saturated heterocycles. The zero-order chi connectivity index (χ0) is 17.2. The second-order valence-electron chi connectivity index (χ2n) is 6.05. The fourth-order valence-electron chi connectivity index (χ4n) is 3.01. The van der Waals surface area contributed by atoms with E-state index in [1.54, 1.807) is 21.3 Å². The summed E-state index contributed by atoms with van der Waals surface area (Å²) in [5.41, 5.74) is 0.475. The monoisotopic (exact) mass is 333 g/mol. The third-order valence-electron chi connectivity index (χ3n) is 4.44. The Morgan fingerprint density at radius 1 is 1.08 bits per heavy atom. The van der Waals surface area contributed by atoms with Crippen molar-refractivity contribution < 1.29 is 18.7 Å². The molecular formula is C17H23N3O4. The van der Waals surface area contributed by atoms with E-state index in [0.717, 1.165) is 24.9 Å². The number of hydrogen-bond acceptors (Lipinski definition) is 7. The van der Waals surface area contributed by atoms with E-state index in [0.29, 0.717) is 29.0 Å². The summed E-state index contributed by atoms with van der Waals surface area (Å²) in [6, 6.07) is 3.62. The van der Waals surface area contributed by atoms with Crippen molar-refractivity contribution in [2.45, 2.75) is 31.7 Å². The molecule has 0 aliphatic carbocycles. The van der Waals surface area contributed by atoms with Gasteiger partial charge in [0.25, 0.3) is 0 Å². The Bertz CT molecular complexity index is 683. The van der Waals surface area contributed by atoms with E-state index in [9.17, 15) is 0 Å². The Morgan fingerprint density at radius 3 is 2.33 bits per heavy atom. The van der Waals surface area contributed by atoms with Crippen LogP contribution in [0.25, 0.3) is 11.4 Å². The van der Waals surface area contributed by atoms with Gasteiger partial charge < -0.3 is 24.1 Å². The first-order valence-corrected chi connectivity index (χ1v) is 8.01. The molecule has 1 aromatic heterocycles. The van der Waals surface area contributed by atoms with Crippen molar-refractivity contribution in [1.82, 2.24) is 15.5 Å². The lowest BCUT2D eigenvalue weighted by Gasteiger charge is -2.31. The highest BCUT2D eigenvalue weighted by atomic mass is 16.5. The first-order valence-electron chi connectivity index (χ1n) is 8.01. The lowest BCUT2D eigenvalue weighted by molar-refractivity contribution is 0.207. The van der Waals surface area contributed by atoms with Crippen molar-refractivity contribution in [2.24, 2.45) is 0 Å². The predicted octanol–water partition coefficient (Wildman–Crippen LogP) is 2.75. The van der Waals surface area contributed by atoms with E-state index in [4.69, 9.17) is 18.7 Å². The second kappa shape index (κ2) is 6.68. The fourth-order valence-corrected chi connectivity index (χ4v) is 3.01. The van der Waals surface area contributed by atoms with Gasteiger partial charge in [0.2, 0.25) is 17.5 Å². The van der Waals surface area contributed by atoms with Crippen molar-refractivity contribution in [2.75, 3.05) is 27.9 Å². The van der Waals surface area contributed by atoms with Crippen LogP contribution in [0.15, 0.2) is 16.7 Å². The first-order chi connectivity index (χ1) is 11.6. The summed E-state index contributed by atoms with van der Waals surface area (Å²) in [7, 11) is 4.73. The molecule has 0 spiro atoms. The predicted molar refractivity (Wildman–Crippen MR) is 88.6 cm³/mol. The van der Waals surface area contributed by atoms with Crippen LogP contribution in [-0.2, 0) is 5.54 Å². The van der Waals surface area contributed by atoms with Crippen molar-refractivity contribution in [1.29, 1.82) is 0 Å². The summed E-state index contributed by atoms with van der Waals surface area (Å²) >= 11 is 0. The SMILES string of the molecule is COc1cc(-c2noc(C3(C)CCCCN3)n2)cc(OC)c1OC. The lowest BCUT2D eigenvalue weighted by Crippen LogP contribution is -2.43. The van der Waals surface area contributed by atoms with Gasteiger partial charge in [-0.05, 0) is 44.9 Å². The number of ether oxygens (including phenoxy) is 3. The molecule has 1 atom stereocenters. The molecule has 1 aliphatic rings. The lowest BCUT2D eigenvalue weighted by atomic mass is 9.91. The highest BCUT2D eigenvalue weighted by Gasteiger charge is 2.34. The van der Waals surface area contributed by atoms with Crippen molar-refractivity contribution in [3.63, 3.8) is 0 Å². The molecule has 0 saturated carbocycles. The standard InChI is InChI=1S/C17H23N3O4/c1-17(7-5-6-8-18-17)16-19-15(20-24-16)11-9-12(21-2)14(23-4)13(10-11)22-3/h9-10,18H,5-8H2,1-4H3. The Hall–Kier alpha value is -2.28. The zero-order valence-corrected chi connectivity index (χ0v) is 14.5. The molecule has 0 amide bonds. The van der Waals surface area contributed by atoms with Crippen LogP contribution in [0.4, 0.5) is 0 Å². The average molecular weight is 333 g/mol. The van der Waals surface area contributed by atoms with Gasteiger partial charge >= 0.3 is 0 Å². The maximum atomic E-state index is 5.53. The highest BCUT2D eigenvalue weighted by molar-refractivity contribution is 5.66. The van der Waals surface area contributed by atoms with E-state index in [1.165, 1.54) is 6.42 Å². The van der Waals surface area contributed by atoms with Gasteiger partial charge in [0.15, 0.2) is 11.5 Å². The third-order valence-corrected chi connectivity index (χ3v) is 4.44. The van der Waals surface area contributed by atoms with E-state index in [2.05, 4.69) is 22.4 Å². The van der Waals surface area contributed by atoms with E-state index in [1.807, 2.05) is 12.1 Å². The van der Waals surface area contributed by atoms with Crippen LogP contribution in [0.3, 0.4) is 0 Å². The number of piperidine rings is 1. The quantitative estimate of drug-likeness (QED) is 0.901. The first kappa shape index (κ1) is 16.6. The van der Waals surface area contributed by atoms with Crippen LogP contribution in [-0.4, -0.2) is 38.0 Å². The molecule has 130 valence electrons. The van der Waals surface area contributed by atoms with E-state index >= 15 is 0 Å². The van der Waals surface area contributed by atoms with E-state index in [-0.39, 0.29) is 5.54 Å². The maximum absolute atomic E-state index is 5.53. The normalized spacial score (nSPS) is 20.7. The number of aromatic nitrogens is 2. The minimum atomic E-state index is -0.274. The Labute approximate surface area is 141 Å². The van der Waals surface area contributed by atoms with E-state index < -0.39 is 0 Å². The number of benzene rings is 1. The summed E-state index contributed by atoms with van der Waals surface area (Å²) in [6.45, 7) is 3.05. The maximum Gasteiger partial charge on any atom is 0.246 e. The summed E-state index contributed by atoms with van der Waals surface area (Å²) < 4.78 is 21.6. The Balaban J connectivity index is 1.98. The topological polar surface area (TPSA) is 78.6 Å². The number of methoxy groups -OCH3 is 3. The fraction of sp³-hybridized carbons (Fsp3) is 0.529. The molecule has 7 heteroatoms.